The van der Waals surface area contributed by atoms with E-state index in [1.54, 1.807) is 6.21 Å². The number of hydrazone groups is 1. The van der Waals surface area contributed by atoms with E-state index in [0.717, 1.165) is 42.7 Å². The van der Waals surface area contributed by atoms with Crippen molar-refractivity contribution in [3.05, 3.63) is 35.9 Å². The molecular formula is C17H21N3O2. The number of hydrogen-bond donors (Lipinski definition) is 1. The van der Waals surface area contributed by atoms with Gasteiger partial charge in [0.05, 0.1) is 0 Å². The van der Waals surface area contributed by atoms with Crippen LogP contribution in [-0.2, 0) is 4.79 Å². The number of imide groups is 1. The second-order valence-corrected chi connectivity index (χ2v) is 6.15. The Morgan fingerprint density at radius 1 is 1.18 bits per heavy atom. The number of nitrogens with one attached hydrogen (secondary N) is 1. The summed E-state index contributed by atoms with van der Waals surface area (Å²) in [6.45, 7) is 1.99. The second-order valence-electron chi connectivity index (χ2n) is 6.15. The topological polar surface area (TPSA) is 61.8 Å². The van der Waals surface area contributed by atoms with Crippen LogP contribution in [0.15, 0.2) is 35.4 Å². The number of urea groups is 1. The number of carbonyl (C=O) groups is 2. The molecule has 3 amide bonds. The number of rotatable bonds is 3. The number of amides is 3. The molecule has 1 saturated carbocycles. The van der Waals surface area contributed by atoms with Gasteiger partial charge in [0.1, 0.15) is 5.54 Å². The van der Waals surface area contributed by atoms with Gasteiger partial charge >= 0.3 is 6.03 Å². The summed E-state index contributed by atoms with van der Waals surface area (Å²) in [5, 5.41) is 8.02. The van der Waals surface area contributed by atoms with E-state index in [2.05, 4.69) is 10.4 Å². The fraction of sp³-hybridized carbons (Fsp3) is 0.471. The summed E-state index contributed by atoms with van der Waals surface area (Å²) in [5.41, 5.74) is 0.397. The molecule has 0 radical (unpaired) electrons. The van der Waals surface area contributed by atoms with Crippen LogP contribution in [0.3, 0.4) is 0 Å². The van der Waals surface area contributed by atoms with Crippen molar-refractivity contribution >= 4 is 18.2 Å². The highest BCUT2D eigenvalue weighted by molar-refractivity contribution is 6.07. The van der Waals surface area contributed by atoms with Gasteiger partial charge < -0.3 is 5.32 Å². The van der Waals surface area contributed by atoms with Crippen molar-refractivity contribution in [2.24, 2.45) is 5.10 Å². The van der Waals surface area contributed by atoms with Crippen molar-refractivity contribution in [2.45, 2.75) is 50.5 Å². The van der Waals surface area contributed by atoms with Gasteiger partial charge in [-0.2, -0.15) is 5.10 Å². The number of hydrogen-bond acceptors (Lipinski definition) is 3. The molecule has 22 heavy (non-hydrogen) atoms. The fourth-order valence-electron chi connectivity index (χ4n) is 3.21. The molecule has 1 unspecified atom stereocenters. The van der Waals surface area contributed by atoms with Crippen LogP contribution in [0.4, 0.5) is 4.79 Å². The first-order chi connectivity index (χ1) is 10.6. The van der Waals surface area contributed by atoms with Crippen molar-refractivity contribution < 1.29 is 9.59 Å². The van der Waals surface area contributed by atoms with E-state index in [0.29, 0.717) is 0 Å². The lowest BCUT2D eigenvalue weighted by Crippen LogP contribution is -2.48. The van der Waals surface area contributed by atoms with Gasteiger partial charge in [0.2, 0.25) is 0 Å². The minimum Gasteiger partial charge on any atom is -0.321 e. The van der Waals surface area contributed by atoms with E-state index < -0.39 is 11.6 Å². The molecule has 0 bridgehead atoms. The molecule has 1 saturated heterocycles. The molecule has 5 heteroatoms. The maximum Gasteiger partial charge on any atom is 0.346 e. The summed E-state index contributed by atoms with van der Waals surface area (Å²) in [6.07, 6.45) is 6.18. The first-order valence-corrected chi connectivity index (χ1v) is 7.88. The van der Waals surface area contributed by atoms with Gasteiger partial charge in [-0.25, -0.2) is 4.79 Å². The molecule has 3 rings (SSSR count). The second kappa shape index (κ2) is 5.91. The number of benzene rings is 1. The first kappa shape index (κ1) is 14.8. The quantitative estimate of drug-likeness (QED) is 0.689. The molecular weight excluding hydrogens is 278 g/mol. The summed E-state index contributed by atoms with van der Waals surface area (Å²) < 4.78 is 0. The van der Waals surface area contributed by atoms with Crippen molar-refractivity contribution in [3.8, 4) is 0 Å². The van der Waals surface area contributed by atoms with Gasteiger partial charge in [0.15, 0.2) is 0 Å². The Morgan fingerprint density at radius 3 is 2.55 bits per heavy atom. The van der Waals surface area contributed by atoms with Gasteiger partial charge in [-0.3, -0.25) is 4.79 Å². The molecule has 1 heterocycles. The smallest absolute Gasteiger partial charge is 0.321 e. The third kappa shape index (κ3) is 2.63. The maximum atomic E-state index is 12.6. The molecule has 1 spiro atoms. The van der Waals surface area contributed by atoms with Crippen LogP contribution in [0, 0.1) is 0 Å². The normalized spacial score (nSPS) is 22.3. The molecule has 1 aromatic rings. The third-order valence-corrected chi connectivity index (χ3v) is 4.58. The average Bonchev–Trinajstić information content (AvgIpc) is 2.77. The van der Waals surface area contributed by atoms with Gasteiger partial charge in [-0.15, -0.1) is 5.01 Å². The van der Waals surface area contributed by atoms with Crippen LogP contribution in [0.2, 0.25) is 0 Å². The molecule has 1 N–H and O–H groups in total. The lowest BCUT2D eigenvalue weighted by Gasteiger charge is -2.29. The minimum absolute atomic E-state index is 0.0460. The lowest BCUT2D eigenvalue weighted by atomic mass is 9.82. The minimum atomic E-state index is -0.706. The Balaban J connectivity index is 1.73. The Kier molecular flexibility index (Phi) is 3.96. The average molecular weight is 299 g/mol. The van der Waals surface area contributed by atoms with Crippen LogP contribution in [0.1, 0.15) is 50.5 Å². The molecule has 0 aromatic heterocycles. The van der Waals surface area contributed by atoms with Crippen LogP contribution in [0.25, 0.3) is 0 Å². The van der Waals surface area contributed by atoms with Crippen LogP contribution in [0.5, 0.6) is 0 Å². The zero-order valence-corrected chi connectivity index (χ0v) is 12.8. The summed E-state index contributed by atoms with van der Waals surface area (Å²) in [6, 6.07) is 9.49. The third-order valence-electron chi connectivity index (χ3n) is 4.58. The highest BCUT2D eigenvalue weighted by atomic mass is 16.2. The van der Waals surface area contributed by atoms with E-state index >= 15 is 0 Å². The van der Waals surface area contributed by atoms with Crippen molar-refractivity contribution in [3.63, 3.8) is 0 Å². The maximum absolute atomic E-state index is 12.6. The highest BCUT2D eigenvalue weighted by Gasteiger charge is 2.51. The molecule has 5 nitrogen and oxygen atoms in total. The molecule has 1 atom stereocenters. The zero-order valence-electron chi connectivity index (χ0n) is 12.8. The number of nitrogens with zero attached hydrogens (tertiary/aromatic N) is 2. The van der Waals surface area contributed by atoms with E-state index in [1.807, 2.05) is 37.3 Å². The summed E-state index contributed by atoms with van der Waals surface area (Å²) in [4.78, 5) is 24.7. The number of carbonyl (C=O) groups excluding carboxylic acids is 2. The Labute approximate surface area is 130 Å². The molecule has 1 aromatic carbocycles. The van der Waals surface area contributed by atoms with Crippen LogP contribution >= 0.6 is 0 Å². The highest BCUT2D eigenvalue weighted by Crippen LogP contribution is 2.33. The first-order valence-electron chi connectivity index (χ1n) is 7.88. The summed E-state index contributed by atoms with van der Waals surface area (Å²) in [5.74, 6) is -0.154. The van der Waals surface area contributed by atoms with Crippen LogP contribution in [-0.4, -0.2) is 28.7 Å². The summed E-state index contributed by atoms with van der Waals surface area (Å²) >= 11 is 0. The molecule has 2 aliphatic rings. The SMILES string of the molecule is CC(C=NN1C(=O)NC2(CCCCC2)C1=O)c1ccccc1. The predicted molar refractivity (Wildman–Crippen MR) is 84.5 cm³/mol. The molecule has 1 aliphatic heterocycles. The van der Waals surface area contributed by atoms with Crippen LogP contribution < -0.4 is 5.32 Å². The Morgan fingerprint density at radius 2 is 1.86 bits per heavy atom. The van der Waals surface area contributed by atoms with Gasteiger partial charge in [0, 0.05) is 12.1 Å². The van der Waals surface area contributed by atoms with E-state index in [9.17, 15) is 9.59 Å². The molecule has 116 valence electrons. The summed E-state index contributed by atoms with van der Waals surface area (Å²) in [7, 11) is 0. The zero-order chi connectivity index (χ0) is 15.6. The van der Waals surface area contributed by atoms with E-state index in [4.69, 9.17) is 0 Å². The van der Waals surface area contributed by atoms with Gasteiger partial charge in [-0.1, -0.05) is 56.5 Å². The monoisotopic (exact) mass is 299 g/mol. The largest absolute Gasteiger partial charge is 0.346 e. The standard InChI is InChI=1S/C17H21N3O2/c1-13(14-8-4-2-5-9-14)12-18-20-15(21)17(19-16(20)22)10-6-3-7-11-17/h2,4-5,8-9,12-13H,3,6-7,10-11H2,1H3,(H,19,22). The Hall–Kier alpha value is -2.17. The van der Waals surface area contributed by atoms with E-state index in [1.165, 1.54) is 0 Å². The van der Waals surface area contributed by atoms with Gasteiger partial charge in [0.25, 0.3) is 5.91 Å². The van der Waals surface area contributed by atoms with E-state index in [-0.39, 0.29) is 11.8 Å². The fourth-order valence-corrected chi connectivity index (χ4v) is 3.21. The van der Waals surface area contributed by atoms with Gasteiger partial charge in [-0.05, 0) is 18.4 Å². The Bertz CT molecular complexity index is 591. The van der Waals surface area contributed by atoms with Crippen molar-refractivity contribution in [1.29, 1.82) is 0 Å². The lowest BCUT2D eigenvalue weighted by molar-refractivity contribution is -0.132. The van der Waals surface area contributed by atoms with Crippen molar-refractivity contribution in [2.75, 3.05) is 0 Å². The predicted octanol–water partition coefficient (Wildman–Crippen LogP) is 3.03. The molecule has 2 fully saturated rings. The molecule has 1 aliphatic carbocycles. The van der Waals surface area contributed by atoms with Crippen molar-refractivity contribution in [1.82, 2.24) is 10.3 Å².